The average Bonchev–Trinajstić information content (AvgIpc) is 3.16. The van der Waals surface area contributed by atoms with Crippen LogP contribution in [0.3, 0.4) is 0 Å². The Morgan fingerprint density at radius 1 is 1.17 bits per heavy atom. The minimum Gasteiger partial charge on any atom is -0.381 e. The van der Waals surface area contributed by atoms with E-state index in [4.69, 9.17) is 4.84 Å². The molecular weight excluding hydrogens is 399 g/mol. The molecule has 1 saturated carbocycles. The predicted molar refractivity (Wildman–Crippen MR) is 103 cm³/mol. The van der Waals surface area contributed by atoms with Gasteiger partial charge in [0.1, 0.15) is 5.56 Å². The summed E-state index contributed by atoms with van der Waals surface area (Å²) in [5.74, 6) is -0.0391. The first kappa shape index (κ1) is 20.0. The molecule has 0 saturated heterocycles. The van der Waals surface area contributed by atoms with Gasteiger partial charge in [-0.3, -0.25) is 4.79 Å². The van der Waals surface area contributed by atoms with Crippen LogP contribution < -0.4 is 15.6 Å². The smallest absolute Gasteiger partial charge is 0.381 e. The maximum absolute atomic E-state index is 12.8. The second-order valence-corrected chi connectivity index (χ2v) is 7.18. The number of halogens is 3. The molecule has 4 rings (SSSR count). The number of hydrogen-bond donors (Lipinski definition) is 2. The van der Waals surface area contributed by atoms with Crippen molar-refractivity contribution in [2.24, 2.45) is 0 Å². The van der Waals surface area contributed by atoms with Crippen molar-refractivity contribution in [3.8, 4) is 5.75 Å². The minimum absolute atomic E-state index is 0.0183. The van der Waals surface area contributed by atoms with Gasteiger partial charge in [0.2, 0.25) is 0 Å². The number of anilines is 1. The Hall–Kier alpha value is -3.30. The molecule has 1 aliphatic carbocycles. The minimum atomic E-state index is -4.46. The number of fused-ring (bicyclic) bond motifs is 1. The molecule has 30 heavy (non-hydrogen) atoms. The lowest BCUT2D eigenvalue weighted by Crippen LogP contribution is -2.36. The highest BCUT2D eigenvalue weighted by Crippen LogP contribution is 2.31. The summed E-state index contributed by atoms with van der Waals surface area (Å²) in [4.78, 5) is 22.2. The first-order valence-electron chi connectivity index (χ1n) is 9.65. The van der Waals surface area contributed by atoms with Crippen molar-refractivity contribution >= 4 is 17.4 Å². The molecule has 0 bridgehead atoms. The zero-order valence-corrected chi connectivity index (χ0v) is 15.9. The van der Waals surface area contributed by atoms with Crippen molar-refractivity contribution in [2.45, 2.75) is 44.3 Å². The molecule has 0 aliphatic heterocycles. The van der Waals surface area contributed by atoms with E-state index < -0.39 is 11.7 Å². The number of rotatable bonds is 5. The predicted octanol–water partition coefficient (Wildman–Crippen LogP) is 4.22. The molecule has 0 atom stereocenters. The Bertz CT molecular complexity index is 1040. The number of hydrogen-bond acceptors (Lipinski definition) is 5. The summed E-state index contributed by atoms with van der Waals surface area (Å²) in [6.45, 7) is 0. The second-order valence-electron chi connectivity index (χ2n) is 7.18. The molecule has 158 valence electrons. The average molecular weight is 419 g/mol. The quantitative estimate of drug-likeness (QED) is 0.606. The van der Waals surface area contributed by atoms with E-state index >= 15 is 0 Å². The zero-order chi connectivity index (χ0) is 21.1. The van der Waals surface area contributed by atoms with E-state index in [1.807, 2.05) is 0 Å². The number of carbonyl (C=O) groups excluding carboxylic acids is 1. The van der Waals surface area contributed by atoms with Crippen LogP contribution >= 0.6 is 0 Å². The number of amides is 1. The molecule has 2 aromatic heterocycles. The van der Waals surface area contributed by atoms with Gasteiger partial charge in [-0.2, -0.15) is 18.3 Å². The standard InChI is InChI=1S/C20H20F3N5O2/c21-20(22,23)13-5-4-8-15(11-13)30-27-17-9-10-28-18(26-17)16(12-24-28)19(29)25-14-6-2-1-3-7-14/h4-5,8-12,14H,1-3,6-7H2,(H,25,29)(H,26,27). The summed E-state index contributed by atoms with van der Waals surface area (Å²) < 4.78 is 39.9. The number of nitrogens with one attached hydrogen (secondary N) is 2. The third kappa shape index (κ3) is 4.47. The highest BCUT2D eigenvalue weighted by atomic mass is 19.4. The first-order chi connectivity index (χ1) is 14.4. The molecule has 0 unspecified atom stereocenters. The zero-order valence-electron chi connectivity index (χ0n) is 15.9. The third-order valence-corrected chi connectivity index (χ3v) is 4.99. The van der Waals surface area contributed by atoms with Crippen LogP contribution in [0.4, 0.5) is 19.0 Å². The van der Waals surface area contributed by atoms with E-state index in [9.17, 15) is 18.0 Å². The first-order valence-corrected chi connectivity index (χ1v) is 9.65. The van der Waals surface area contributed by atoms with Gasteiger partial charge in [0.15, 0.2) is 17.2 Å². The highest BCUT2D eigenvalue weighted by Gasteiger charge is 2.30. The molecule has 1 fully saturated rings. The summed E-state index contributed by atoms with van der Waals surface area (Å²) in [7, 11) is 0. The van der Waals surface area contributed by atoms with Crippen molar-refractivity contribution in [3.05, 3.63) is 53.9 Å². The normalized spacial score (nSPS) is 15.2. The lowest BCUT2D eigenvalue weighted by atomic mass is 9.95. The molecule has 1 aromatic carbocycles. The largest absolute Gasteiger partial charge is 0.416 e. The fraction of sp³-hybridized carbons (Fsp3) is 0.350. The molecule has 10 heteroatoms. The number of benzene rings is 1. The van der Waals surface area contributed by atoms with Crippen molar-refractivity contribution < 1.29 is 22.8 Å². The van der Waals surface area contributed by atoms with Gasteiger partial charge in [-0.05, 0) is 31.0 Å². The van der Waals surface area contributed by atoms with Crippen LogP contribution in [0.1, 0.15) is 48.0 Å². The van der Waals surface area contributed by atoms with E-state index in [2.05, 4.69) is 20.9 Å². The van der Waals surface area contributed by atoms with Crippen LogP contribution in [0.2, 0.25) is 0 Å². The van der Waals surface area contributed by atoms with Gasteiger partial charge in [-0.15, -0.1) is 0 Å². The number of aromatic nitrogens is 3. The van der Waals surface area contributed by atoms with Gasteiger partial charge in [0, 0.05) is 18.3 Å². The van der Waals surface area contributed by atoms with Crippen molar-refractivity contribution in [3.63, 3.8) is 0 Å². The number of nitrogens with zero attached hydrogens (tertiary/aromatic N) is 3. The Kier molecular flexibility index (Phi) is 5.47. The fourth-order valence-corrected chi connectivity index (χ4v) is 3.44. The van der Waals surface area contributed by atoms with E-state index in [0.29, 0.717) is 11.2 Å². The van der Waals surface area contributed by atoms with Gasteiger partial charge < -0.3 is 10.2 Å². The Balaban J connectivity index is 1.48. The lowest BCUT2D eigenvalue weighted by Gasteiger charge is -2.22. The third-order valence-electron chi connectivity index (χ3n) is 4.99. The van der Waals surface area contributed by atoms with E-state index in [1.54, 1.807) is 6.20 Å². The molecule has 2 N–H and O–H groups in total. The van der Waals surface area contributed by atoms with Crippen LogP contribution in [0.15, 0.2) is 42.7 Å². The Morgan fingerprint density at radius 3 is 2.73 bits per heavy atom. The van der Waals surface area contributed by atoms with Gasteiger partial charge >= 0.3 is 6.18 Å². The molecule has 0 radical (unpaired) electrons. The van der Waals surface area contributed by atoms with E-state index in [-0.39, 0.29) is 23.5 Å². The van der Waals surface area contributed by atoms with E-state index in [0.717, 1.165) is 37.8 Å². The molecule has 3 aromatic rings. The topological polar surface area (TPSA) is 80.6 Å². The number of alkyl halides is 3. The van der Waals surface area contributed by atoms with Gasteiger partial charge in [0.05, 0.1) is 11.8 Å². The Morgan fingerprint density at radius 2 is 1.97 bits per heavy atom. The maximum atomic E-state index is 12.8. The Labute approximate surface area is 170 Å². The lowest BCUT2D eigenvalue weighted by molar-refractivity contribution is -0.137. The SMILES string of the molecule is O=C(NC1CCCCC1)c1cnn2ccc(NOc3cccc(C(F)(F)F)c3)nc12. The summed E-state index contributed by atoms with van der Waals surface area (Å²) >= 11 is 0. The highest BCUT2D eigenvalue weighted by molar-refractivity contribution is 5.99. The van der Waals surface area contributed by atoms with Crippen molar-refractivity contribution in [2.75, 3.05) is 5.48 Å². The second kappa shape index (κ2) is 8.21. The maximum Gasteiger partial charge on any atom is 0.416 e. The van der Waals surface area contributed by atoms with Crippen molar-refractivity contribution in [1.29, 1.82) is 0 Å². The van der Waals surface area contributed by atoms with Crippen LogP contribution in [-0.4, -0.2) is 26.5 Å². The van der Waals surface area contributed by atoms with Gasteiger partial charge in [-0.25, -0.2) is 15.0 Å². The van der Waals surface area contributed by atoms with Crippen LogP contribution in [0.25, 0.3) is 5.65 Å². The van der Waals surface area contributed by atoms with Crippen LogP contribution in [0, 0.1) is 0 Å². The molecule has 7 nitrogen and oxygen atoms in total. The van der Waals surface area contributed by atoms with Crippen LogP contribution in [-0.2, 0) is 6.18 Å². The van der Waals surface area contributed by atoms with Crippen molar-refractivity contribution in [1.82, 2.24) is 19.9 Å². The molecule has 1 aliphatic rings. The fourth-order valence-electron chi connectivity index (χ4n) is 3.44. The molecular formula is C20H20F3N5O2. The van der Waals surface area contributed by atoms with Gasteiger partial charge in [0.25, 0.3) is 5.91 Å². The summed E-state index contributed by atoms with van der Waals surface area (Å²) in [6, 6.07) is 6.17. The molecule has 0 spiro atoms. The summed E-state index contributed by atoms with van der Waals surface area (Å²) in [5.41, 5.74) is 2.34. The van der Waals surface area contributed by atoms with Crippen LogP contribution in [0.5, 0.6) is 5.75 Å². The van der Waals surface area contributed by atoms with Gasteiger partial charge in [-0.1, -0.05) is 25.3 Å². The molecule has 2 heterocycles. The number of carbonyl (C=O) groups is 1. The summed E-state index contributed by atoms with van der Waals surface area (Å²) in [6.07, 6.45) is 3.85. The molecule has 1 amide bonds. The monoisotopic (exact) mass is 419 g/mol. The summed E-state index contributed by atoms with van der Waals surface area (Å²) in [5, 5.41) is 7.15. The van der Waals surface area contributed by atoms with E-state index in [1.165, 1.54) is 35.3 Å².